The Kier molecular flexibility index (Phi) is 8.35. The number of esters is 2. The number of benzene rings is 1. The Morgan fingerprint density at radius 3 is 2.62 bits per heavy atom. The summed E-state index contributed by atoms with van der Waals surface area (Å²) < 4.78 is 14.6. The maximum Gasteiger partial charge on any atom is 0.330 e. The second-order valence-corrected chi connectivity index (χ2v) is 4.98. The van der Waals surface area contributed by atoms with Gasteiger partial charge in [-0.05, 0) is 30.2 Å². The molecule has 0 saturated carbocycles. The molecule has 0 aliphatic carbocycles. The lowest BCUT2D eigenvalue weighted by atomic mass is 10.2. The van der Waals surface area contributed by atoms with Crippen LogP contribution in [0.25, 0.3) is 6.08 Å². The lowest BCUT2D eigenvalue weighted by molar-refractivity contribution is -0.150. The second-order valence-electron chi connectivity index (χ2n) is 4.98. The minimum atomic E-state index is -1.07. The molecule has 132 valence electrons. The normalized spacial score (nSPS) is 12.0. The van der Waals surface area contributed by atoms with Gasteiger partial charge < -0.3 is 24.4 Å². The molecule has 0 radical (unpaired) electrons. The lowest BCUT2D eigenvalue weighted by Gasteiger charge is -2.10. The zero-order valence-corrected chi connectivity index (χ0v) is 13.7. The van der Waals surface area contributed by atoms with Gasteiger partial charge in [0.25, 0.3) is 0 Å². The van der Waals surface area contributed by atoms with Crippen molar-refractivity contribution in [1.82, 2.24) is 0 Å². The highest BCUT2D eigenvalue weighted by atomic mass is 16.6. The molecule has 0 spiro atoms. The molecule has 0 bridgehead atoms. The van der Waals surface area contributed by atoms with E-state index in [4.69, 9.17) is 14.2 Å². The first-order valence-electron chi connectivity index (χ1n) is 7.51. The zero-order valence-electron chi connectivity index (χ0n) is 13.7. The van der Waals surface area contributed by atoms with Crippen LogP contribution in [0.4, 0.5) is 0 Å². The van der Waals surface area contributed by atoms with Gasteiger partial charge in [-0.3, -0.25) is 4.79 Å². The molecule has 0 aliphatic heterocycles. The fourth-order valence-electron chi connectivity index (χ4n) is 1.70. The number of aromatic hydroxyl groups is 1. The van der Waals surface area contributed by atoms with Crippen molar-refractivity contribution in [3.05, 3.63) is 29.8 Å². The van der Waals surface area contributed by atoms with Crippen LogP contribution in [0, 0.1) is 0 Å². The number of aliphatic hydroxyl groups excluding tert-OH is 1. The molecule has 7 nitrogen and oxygen atoms in total. The fourth-order valence-corrected chi connectivity index (χ4v) is 1.70. The quantitative estimate of drug-likeness (QED) is 0.521. The first-order chi connectivity index (χ1) is 11.5. The highest BCUT2D eigenvalue weighted by molar-refractivity contribution is 5.87. The minimum absolute atomic E-state index is 0.00188. The Balaban J connectivity index is 2.39. The SMILES string of the molecule is CCCC(=O)OCC(O)COC(=O)/C=C/c1ccc(O)c(OC)c1. The molecule has 1 rings (SSSR count). The van der Waals surface area contributed by atoms with E-state index in [0.29, 0.717) is 12.0 Å². The van der Waals surface area contributed by atoms with Crippen molar-refractivity contribution in [2.75, 3.05) is 20.3 Å². The number of methoxy groups -OCH3 is 1. The summed E-state index contributed by atoms with van der Waals surface area (Å²) in [6.07, 6.45) is 2.54. The fraction of sp³-hybridized carbons (Fsp3) is 0.412. The summed E-state index contributed by atoms with van der Waals surface area (Å²) in [7, 11) is 1.42. The predicted molar refractivity (Wildman–Crippen MR) is 86.5 cm³/mol. The summed E-state index contributed by atoms with van der Waals surface area (Å²) in [4.78, 5) is 22.7. The van der Waals surface area contributed by atoms with Crippen LogP contribution in [-0.2, 0) is 19.1 Å². The van der Waals surface area contributed by atoms with Gasteiger partial charge in [-0.1, -0.05) is 13.0 Å². The first kappa shape index (κ1) is 19.5. The maximum absolute atomic E-state index is 11.6. The monoisotopic (exact) mass is 338 g/mol. The minimum Gasteiger partial charge on any atom is -0.504 e. The number of aliphatic hydroxyl groups is 1. The maximum atomic E-state index is 11.6. The molecule has 0 fully saturated rings. The van der Waals surface area contributed by atoms with Crippen molar-refractivity contribution in [2.24, 2.45) is 0 Å². The molecule has 7 heteroatoms. The van der Waals surface area contributed by atoms with E-state index >= 15 is 0 Å². The van der Waals surface area contributed by atoms with Gasteiger partial charge in [0.1, 0.15) is 19.3 Å². The van der Waals surface area contributed by atoms with Crippen LogP contribution < -0.4 is 4.74 Å². The van der Waals surface area contributed by atoms with Crippen molar-refractivity contribution in [2.45, 2.75) is 25.9 Å². The third-order valence-corrected chi connectivity index (χ3v) is 2.92. The van der Waals surface area contributed by atoms with E-state index in [1.165, 1.54) is 25.3 Å². The predicted octanol–water partition coefficient (Wildman–Crippen LogP) is 1.66. The Morgan fingerprint density at radius 2 is 1.96 bits per heavy atom. The second kappa shape index (κ2) is 10.3. The molecular formula is C17H22O7. The molecule has 0 amide bonds. The van der Waals surface area contributed by atoms with Crippen molar-refractivity contribution in [1.29, 1.82) is 0 Å². The molecule has 0 heterocycles. The molecular weight excluding hydrogens is 316 g/mol. The van der Waals surface area contributed by atoms with Gasteiger partial charge in [-0.15, -0.1) is 0 Å². The summed E-state index contributed by atoms with van der Waals surface area (Å²) in [5.74, 6) is -0.766. The first-order valence-corrected chi connectivity index (χ1v) is 7.51. The number of ether oxygens (including phenoxy) is 3. The highest BCUT2D eigenvalue weighted by Gasteiger charge is 2.10. The van der Waals surface area contributed by atoms with Gasteiger partial charge in [0.15, 0.2) is 11.5 Å². The Bertz CT molecular complexity index is 580. The Hall–Kier alpha value is -2.54. The van der Waals surface area contributed by atoms with E-state index in [1.807, 2.05) is 6.92 Å². The van der Waals surface area contributed by atoms with Crippen molar-refractivity contribution >= 4 is 18.0 Å². The smallest absolute Gasteiger partial charge is 0.330 e. The molecule has 1 unspecified atom stereocenters. The van der Waals surface area contributed by atoms with E-state index in [9.17, 15) is 19.8 Å². The lowest BCUT2D eigenvalue weighted by Crippen LogP contribution is -2.24. The number of phenols is 1. The number of rotatable bonds is 9. The van der Waals surface area contributed by atoms with Crippen molar-refractivity contribution < 1.29 is 34.0 Å². The van der Waals surface area contributed by atoms with Crippen LogP contribution in [0.3, 0.4) is 0 Å². The molecule has 24 heavy (non-hydrogen) atoms. The molecule has 0 aromatic heterocycles. The summed E-state index contributed by atoms with van der Waals surface area (Å²) in [5.41, 5.74) is 0.635. The van der Waals surface area contributed by atoms with Gasteiger partial charge in [0, 0.05) is 12.5 Å². The number of hydrogen-bond acceptors (Lipinski definition) is 7. The summed E-state index contributed by atoms with van der Waals surface area (Å²) in [6, 6.07) is 4.60. The summed E-state index contributed by atoms with van der Waals surface area (Å²) >= 11 is 0. The zero-order chi connectivity index (χ0) is 17.9. The summed E-state index contributed by atoms with van der Waals surface area (Å²) in [6.45, 7) is 1.35. The molecule has 1 aromatic carbocycles. The van der Waals surface area contributed by atoms with Crippen LogP contribution in [0.2, 0.25) is 0 Å². The largest absolute Gasteiger partial charge is 0.504 e. The van der Waals surface area contributed by atoms with Crippen LogP contribution in [0.15, 0.2) is 24.3 Å². The highest BCUT2D eigenvalue weighted by Crippen LogP contribution is 2.26. The van der Waals surface area contributed by atoms with Crippen LogP contribution in [0.5, 0.6) is 11.5 Å². The summed E-state index contributed by atoms with van der Waals surface area (Å²) in [5, 5.41) is 19.1. The van der Waals surface area contributed by atoms with E-state index in [0.717, 1.165) is 0 Å². The van der Waals surface area contributed by atoms with Crippen LogP contribution in [0.1, 0.15) is 25.3 Å². The Morgan fingerprint density at radius 1 is 1.25 bits per heavy atom. The van der Waals surface area contributed by atoms with Crippen LogP contribution >= 0.6 is 0 Å². The van der Waals surface area contributed by atoms with Crippen molar-refractivity contribution in [3.8, 4) is 11.5 Å². The van der Waals surface area contributed by atoms with Gasteiger partial charge in [-0.25, -0.2) is 4.79 Å². The van der Waals surface area contributed by atoms with E-state index in [-0.39, 0.29) is 31.1 Å². The third-order valence-electron chi connectivity index (χ3n) is 2.92. The standard InChI is InChI=1S/C17H22O7/c1-3-4-16(20)23-10-13(18)11-24-17(21)8-6-12-5-7-14(19)15(9-12)22-2/h5-9,13,18-19H,3-4,10-11H2,1-2H3/b8-6+. The topological polar surface area (TPSA) is 102 Å². The molecule has 1 aromatic rings. The average Bonchev–Trinajstić information content (AvgIpc) is 2.57. The van der Waals surface area contributed by atoms with Gasteiger partial charge in [0.05, 0.1) is 7.11 Å². The van der Waals surface area contributed by atoms with E-state index in [2.05, 4.69) is 0 Å². The number of phenolic OH excluding ortho intramolecular Hbond substituents is 1. The van der Waals surface area contributed by atoms with E-state index in [1.54, 1.807) is 12.1 Å². The number of carbonyl (C=O) groups excluding carboxylic acids is 2. The van der Waals surface area contributed by atoms with Gasteiger partial charge >= 0.3 is 11.9 Å². The van der Waals surface area contributed by atoms with Gasteiger partial charge in [-0.2, -0.15) is 0 Å². The van der Waals surface area contributed by atoms with Gasteiger partial charge in [0.2, 0.25) is 0 Å². The molecule has 1 atom stereocenters. The Labute approximate surface area is 140 Å². The van der Waals surface area contributed by atoms with Crippen molar-refractivity contribution in [3.63, 3.8) is 0 Å². The number of hydrogen-bond donors (Lipinski definition) is 2. The third kappa shape index (κ3) is 7.15. The molecule has 2 N–H and O–H groups in total. The molecule has 0 aliphatic rings. The molecule has 0 saturated heterocycles. The average molecular weight is 338 g/mol. The van der Waals surface area contributed by atoms with Crippen LogP contribution in [-0.4, -0.2) is 48.6 Å². The van der Waals surface area contributed by atoms with E-state index < -0.39 is 18.0 Å². The number of carbonyl (C=O) groups is 2.